The van der Waals surface area contributed by atoms with Crippen LogP contribution in [0.15, 0.2) is 57.3 Å². The number of dihydropyridines is 1. The molecule has 0 saturated heterocycles. The Labute approximate surface area is 192 Å². The van der Waals surface area contributed by atoms with Crippen LogP contribution in [0.3, 0.4) is 0 Å². The molecule has 2 aromatic rings. The Bertz CT molecular complexity index is 1130. The number of esters is 1. The Morgan fingerprint density at radius 2 is 2.03 bits per heavy atom. The molecule has 2 heterocycles. The number of nitrogens with one attached hydrogen (secondary N) is 1. The van der Waals surface area contributed by atoms with Crippen LogP contribution in [-0.4, -0.2) is 18.4 Å². The third kappa shape index (κ3) is 4.32. The van der Waals surface area contributed by atoms with E-state index in [0.717, 1.165) is 24.1 Å². The maximum atomic E-state index is 12.9. The van der Waals surface area contributed by atoms with E-state index in [9.17, 15) is 9.59 Å². The lowest BCUT2D eigenvalue weighted by molar-refractivity contribution is -0.138. The van der Waals surface area contributed by atoms with Crippen molar-refractivity contribution in [3.05, 3.63) is 75.0 Å². The van der Waals surface area contributed by atoms with Gasteiger partial charge in [-0.05, 0) is 69.5 Å². The molecule has 0 amide bonds. The standard InChI is InChI=1S/C25H26ClNO5/c1-4-30-25(29)22-15(3)27-19-6-5-7-20(28)23(19)24(22)21-11-9-17(32-21)13-31-16-8-10-18(26)14(2)12-16/h8-12,24,27H,4-7,13H2,1-3H3/t24-/m0/s1. The second-order valence-electron chi connectivity index (χ2n) is 7.99. The van der Waals surface area contributed by atoms with Crippen LogP contribution < -0.4 is 10.1 Å². The number of rotatable bonds is 6. The minimum Gasteiger partial charge on any atom is -0.486 e. The van der Waals surface area contributed by atoms with Crippen LogP contribution in [0.2, 0.25) is 5.02 Å². The molecule has 0 saturated carbocycles. The lowest BCUT2D eigenvalue weighted by Crippen LogP contribution is -2.34. The molecule has 0 unspecified atom stereocenters. The van der Waals surface area contributed by atoms with Gasteiger partial charge in [0, 0.05) is 28.4 Å². The first kappa shape index (κ1) is 22.2. The summed E-state index contributed by atoms with van der Waals surface area (Å²) in [7, 11) is 0. The second-order valence-corrected chi connectivity index (χ2v) is 8.40. The molecule has 0 spiro atoms. The molecule has 0 bridgehead atoms. The SMILES string of the molecule is CCOC(=O)C1=C(C)NC2=C(C(=O)CCC2)[C@H]1c1ccc(COc2ccc(Cl)c(C)c2)o1. The summed E-state index contributed by atoms with van der Waals surface area (Å²) in [5.74, 6) is 0.800. The number of Topliss-reactive ketones (excluding diaryl/α,β-unsaturated/α-hetero) is 1. The number of carbonyl (C=O) groups excluding carboxylic acids is 2. The zero-order chi connectivity index (χ0) is 22.8. The van der Waals surface area contributed by atoms with Gasteiger partial charge in [-0.15, -0.1) is 0 Å². The molecule has 168 valence electrons. The third-order valence-electron chi connectivity index (χ3n) is 5.75. The summed E-state index contributed by atoms with van der Waals surface area (Å²) in [5.41, 5.74) is 3.49. The Morgan fingerprint density at radius 3 is 2.78 bits per heavy atom. The smallest absolute Gasteiger partial charge is 0.336 e. The molecule has 7 heteroatoms. The molecule has 1 N–H and O–H groups in total. The van der Waals surface area contributed by atoms with Crippen molar-refractivity contribution in [1.29, 1.82) is 0 Å². The first-order valence-corrected chi connectivity index (χ1v) is 11.2. The summed E-state index contributed by atoms with van der Waals surface area (Å²) in [4.78, 5) is 25.7. The van der Waals surface area contributed by atoms with E-state index < -0.39 is 11.9 Å². The largest absolute Gasteiger partial charge is 0.486 e. The number of halogens is 1. The zero-order valence-electron chi connectivity index (χ0n) is 18.4. The van der Waals surface area contributed by atoms with E-state index in [2.05, 4.69) is 5.32 Å². The number of hydrogen-bond donors (Lipinski definition) is 1. The summed E-state index contributed by atoms with van der Waals surface area (Å²) in [6.45, 7) is 5.97. The van der Waals surface area contributed by atoms with Crippen LogP contribution >= 0.6 is 11.6 Å². The summed E-state index contributed by atoms with van der Waals surface area (Å²) in [5, 5.41) is 3.94. The second kappa shape index (κ2) is 9.25. The van der Waals surface area contributed by atoms with Gasteiger partial charge < -0.3 is 19.2 Å². The molecule has 0 radical (unpaired) electrons. The van der Waals surface area contributed by atoms with Gasteiger partial charge in [0.15, 0.2) is 5.78 Å². The van der Waals surface area contributed by atoms with Gasteiger partial charge in [0.1, 0.15) is 23.9 Å². The summed E-state index contributed by atoms with van der Waals surface area (Å²) < 4.78 is 17.2. The predicted molar refractivity (Wildman–Crippen MR) is 120 cm³/mol. The molecule has 2 aliphatic rings. The maximum Gasteiger partial charge on any atom is 0.336 e. The zero-order valence-corrected chi connectivity index (χ0v) is 19.2. The van der Waals surface area contributed by atoms with Gasteiger partial charge in [0.05, 0.1) is 18.1 Å². The number of hydrogen-bond acceptors (Lipinski definition) is 6. The van der Waals surface area contributed by atoms with Crippen molar-refractivity contribution in [3.8, 4) is 5.75 Å². The molecule has 1 atom stereocenters. The Kier molecular flexibility index (Phi) is 6.42. The molecular formula is C25H26ClNO5. The highest BCUT2D eigenvalue weighted by molar-refractivity contribution is 6.31. The van der Waals surface area contributed by atoms with E-state index in [0.29, 0.717) is 45.6 Å². The Balaban J connectivity index is 1.64. The van der Waals surface area contributed by atoms with E-state index in [-0.39, 0.29) is 19.0 Å². The van der Waals surface area contributed by atoms with Gasteiger partial charge in [0.25, 0.3) is 0 Å². The maximum absolute atomic E-state index is 12.9. The van der Waals surface area contributed by atoms with Crippen molar-refractivity contribution in [1.82, 2.24) is 5.32 Å². The van der Waals surface area contributed by atoms with Crippen molar-refractivity contribution in [2.45, 2.75) is 52.6 Å². The van der Waals surface area contributed by atoms with Crippen LogP contribution in [0.5, 0.6) is 5.75 Å². The van der Waals surface area contributed by atoms with Gasteiger partial charge in [-0.1, -0.05) is 11.6 Å². The summed E-state index contributed by atoms with van der Waals surface area (Å²) >= 11 is 6.08. The normalized spacial score (nSPS) is 18.4. The molecule has 1 aromatic carbocycles. The third-order valence-corrected chi connectivity index (χ3v) is 6.17. The molecule has 1 aliphatic carbocycles. The van der Waals surface area contributed by atoms with E-state index in [4.69, 9.17) is 25.5 Å². The van der Waals surface area contributed by atoms with Crippen LogP contribution in [0, 0.1) is 6.92 Å². The molecule has 6 nitrogen and oxygen atoms in total. The van der Waals surface area contributed by atoms with Crippen molar-refractivity contribution in [2.24, 2.45) is 0 Å². The summed E-state index contributed by atoms with van der Waals surface area (Å²) in [6, 6.07) is 9.07. The first-order valence-electron chi connectivity index (χ1n) is 10.8. The molecule has 1 aromatic heterocycles. The number of carbonyl (C=O) groups is 2. The van der Waals surface area contributed by atoms with E-state index in [1.807, 2.05) is 26.0 Å². The number of allylic oxidation sites excluding steroid dienone is 3. The van der Waals surface area contributed by atoms with Crippen molar-refractivity contribution in [3.63, 3.8) is 0 Å². The van der Waals surface area contributed by atoms with Crippen molar-refractivity contribution in [2.75, 3.05) is 6.61 Å². The lowest BCUT2D eigenvalue weighted by atomic mass is 9.77. The number of aryl methyl sites for hydroxylation is 1. The first-order chi connectivity index (χ1) is 15.4. The Hall–Kier alpha value is -2.99. The molecule has 4 rings (SSSR count). The van der Waals surface area contributed by atoms with Crippen molar-refractivity contribution < 1.29 is 23.5 Å². The average Bonchev–Trinajstić information content (AvgIpc) is 3.22. The highest BCUT2D eigenvalue weighted by atomic mass is 35.5. The number of ketones is 1. The van der Waals surface area contributed by atoms with Crippen LogP contribution in [0.1, 0.15) is 56.1 Å². The molecular weight excluding hydrogens is 430 g/mol. The van der Waals surface area contributed by atoms with Gasteiger partial charge >= 0.3 is 5.97 Å². The minimum atomic E-state index is -0.593. The topological polar surface area (TPSA) is 77.8 Å². The van der Waals surface area contributed by atoms with Crippen molar-refractivity contribution >= 4 is 23.4 Å². The van der Waals surface area contributed by atoms with E-state index in [1.54, 1.807) is 25.1 Å². The fourth-order valence-electron chi connectivity index (χ4n) is 4.24. The fourth-order valence-corrected chi connectivity index (χ4v) is 4.35. The lowest BCUT2D eigenvalue weighted by Gasteiger charge is -2.32. The summed E-state index contributed by atoms with van der Waals surface area (Å²) in [6.07, 6.45) is 2.01. The quantitative estimate of drug-likeness (QED) is 0.591. The monoisotopic (exact) mass is 455 g/mol. The van der Waals surface area contributed by atoms with Crippen LogP contribution in [0.25, 0.3) is 0 Å². The van der Waals surface area contributed by atoms with E-state index >= 15 is 0 Å². The number of benzene rings is 1. The van der Waals surface area contributed by atoms with Gasteiger partial charge in [-0.25, -0.2) is 4.79 Å². The molecule has 1 aliphatic heterocycles. The highest BCUT2D eigenvalue weighted by Gasteiger charge is 2.40. The average molecular weight is 456 g/mol. The van der Waals surface area contributed by atoms with E-state index in [1.165, 1.54) is 0 Å². The fraction of sp³-hybridized carbons (Fsp3) is 0.360. The minimum absolute atomic E-state index is 0.0314. The predicted octanol–water partition coefficient (Wildman–Crippen LogP) is 5.35. The Morgan fingerprint density at radius 1 is 1.22 bits per heavy atom. The van der Waals surface area contributed by atoms with Gasteiger partial charge in [-0.2, -0.15) is 0 Å². The molecule has 0 fully saturated rings. The van der Waals surface area contributed by atoms with Gasteiger partial charge in [-0.3, -0.25) is 4.79 Å². The van der Waals surface area contributed by atoms with Crippen LogP contribution in [0.4, 0.5) is 0 Å². The number of ether oxygens (including phenoxy) is 2. The van der Waals surface area contributed by atoms with Crippen LogP contribution in [-0.2, 0) is 20.9 Å². The number of furan rings is 1. The molecule has 32 heavy (non-hydrogen) atoms. The van der Waals surface area contributed by atoms with Gasteiger partial charge in [0.2, 0.25) is 0 Å². The highest BCUT2D eigenvalue weighted by Crippen LogP contribution is 2.43.